The second kappa shape index (κ2) is 6.42. The van der Waals surface area contributed by atoms with Crippen LogP contribution in [0.1, 0.15) is 47.5 Å². The first-order valence-corrected chi connectivity index (χ1v) is 7.02. The van der Waals surface area contributed by atoms with Crippen LogP contribution >= 0.6 is 0 Å². The van der Waals surface area contributed by atoms with E-state index in [9.17, 15) is 0 Å². The van der Waals surface area contributed by atoms with E-state index < -0.39 is 0 Å². The van der Waals surface area contributed by atoms with Crippen molar-refractivity contribution < 1.29 is 4.74 Å². The molecule has 1 rings (SSSR count). The lowest BCUT2D eigenvalue weighted by Gasteiger charge is -2.33. The summed E-state index contributed by atoms with van der Waals surface area (Å²) < 4.78 is 7.25. The molecule has 0 aliphatic heterocycles. The minimum absolute atomic E-state index is 0.0304. The zero-order valence-corrected chi connectivity index (χ0v) is 13.3. The maximum Gasteiger partial charge on any atom is 0.203 e. The predicted molar refractivity (Wildman–Crippen MR) is 80.5 cm³/mol. The first-order valence-electron chi connectivity index (χ1n) is 7.02. The summed E-state index contributed by atoms with van der Waals surface area (Å²) in [5.41, 5.74) is 0.326. The number of nitrogens with one attached hydrogen (secondary N) is 1. The van der Waals surface area contributed by atoms with Crippen molar-refractivity contribution in [2.45, 2.75) is 59.5 Å². The van der Waals surface area contributed by atoms with Crippen molar-refractivity contribution >= 4 is 5.95 Å². The summed E-state index contributed by atoms with van der Waals surface area (Å²) in [6, 6.07) is 0. The molecule has 4 heteroatoms. The van der Waals surface area contributed by atoms with Gasteiger partial charge in [-0.3, -0.25) is 0 Å². The number of ether oxygens (including phenoxy) is 1. The van der Waals surface area contributed by atoms with Gasteiger partial charge in [-0.2, -0.15) is 0 Å². The molecule has 110 valence electrons. The highest BCUT2D eigenvalue weighted by Crippen LogP contribution is 2.29. The third-order valence-corrected chi connectivity index (χ3v) is 2.89. The highest BCUT2D eigenvalue weighted by Gasteiger charge is 2.26. The summed E-state index contributed by atoms with van der Waals surface area (Å²) in [6.45, 7) is 13.0. The molecule has 0 radical (unpaired) electrons. The first kappa shape index (κ1) is 16.0. The molecule has 1 aromatic heterocycles. The van der Waals surface area contributed by atoms with Gasteiger partial charge in [0.2, 0.25) is 5.95 Å². The number of aryl methyl sites for hydroxylation is 1. The number of hydrogen-bond acceptors (Lipinski definition) is 3. The van der Waals surface area contributed by atoms with Crippen LogP contribution in [-0.2, 0) is 11.3 Å². The van der Waals surface area contributed by atoms with E-state index in [2.05, 4.69) is 49.5 Å². The van der Waals surface area contributed by atoms with Gasteiger partial charge in [-0.25, -0.2) is 4.98 Å². The number of rotatable bonds is 7. The van der Waals surface area contributed by atoms with E-state index in [1.165, 1.54) is 0 Å². The van der Waals surface area contributed by atoms with Crippen LogP contribution in [0.25, 0.3) is 0 Å². The number of anilines is 1. The van der Waals surface area contributed by atoms with Crippen LogP contribution in [0.2, 0.25) is 0 Å². The topological polar surface area (TPSA) is 39.1 Å². The second-order valence-electron chi connectivity index (χ2n) is 7.04. The molecule has 0 spiro atoms. The third kappa shape index (κ3) is 6.10. The van der Waals surface area contributed by atoms with Crippen molar-refractivity contribution in [3.05, 3.63) is 12.4 Å². The minimum atomic E-state index is 0.0304. The van der Waals surface area contributed by atoms with Crippen LogP contribution in [0, 0.1) is 5.41 Å². The zero-order valence-electron chi connectivity index (χ0n) is 13.3. The van der Waals surface area contributed by atoms with E-state index in [-0.39, 0.29) is 5.54 Å². The van der Waals surface area contributed by atoms with Crippen LogP contribution in [0.15, 0.2) is 12.4 Å². The Hall–Kier alpha value is -1.03. The highest BCUT2D eigenvalue weighted by atomic mass is 16.5. The van der Waals surface area contributed by atoms with Gasteiger partial charge >= 0.3 is 0 Å². The molecule has 1 heterocycles. The van der Waals surface area contributed by atoms with E-state index in [1.54, 1.807) is 7.11 Å². The molecule has 19 heavy (non-hydrogen) atoms. The third-order valence-electron chi connectivity index (χ3n) is 2.89. The fraction of sp³-hybridized carbons (Fsp3) is 0.800. The molecule has 0 fully saturated rings. The van der Waals surface area contributed by atoms with Gasteiger partial charge in [0.1, 0.15) is 0 Å². The monoisotopic (exact) mass is 267 g/mol. The number of hydrogen-bond donors (Lipinski definition) is 1. The van der Waals surface area contributed by atoms with Crippen molar-refractivity contribution in [2.24, 2.45) is 5.41 Å². The summed E-state index contributed by atoms with van der Waals surface area (Å²) in [7, 11) is 1.74. The Morgan fingerprint density at radius 2 is 1.95 bits per heavy atom. The first-order chi connectivity index (χ1) is 8.73. The Morgan fingerprint density at radius 1 is 1.26 bits per heavy atom. The van der Waals surface area contributed by atoms with Crippen LogP contribution < -0.4 is 5.32 Å². The van der Waals surface area contributed by atoms with Gasteiger partial charge in [-0.1, -0.05) is 20.8 Å². The molecule has 0 aliphatic carbocycles. The van der Waals surface area contributed by atoms with Gasteiger partial charge in [0.05, 0.1) is 0 Å². The summed E-state index contributed by atoms with van der Waals surface area (Å²) in [5, 5.41) is 3.56. The van der Waals surface area contributed by atoms with Gasteiger partial charge in [-0.15, -0.1) is 0 Å². The summed E-state index contributed by atoms with van der Waals surface area (Å²) in [6.07, 6.45) is 5.96. The maximum absolute atomic E-state index is 5.09. The lowest BCUT2D eigenvalue weighted by atomic mass is 9.82. The minimum Gasteiger partial charge on any atom is -0.385 e. The molecule has 0 atom stereocenters. The molecule has 0 saturated carbocycles. The average molecular weight is 267 g/mol. The Kier molecular flexibility index (Phi) is 5.41. The molecule has 0 bridgehead atoms. The summed E-state index contributed by atoms with van der Waals surface area (Å²) in [4.78, 5) is 4.42. The van der Waals surface area contributed by atoms with Gasteiger partial charge in [0, 0.05) is 38.2 Å². The molecule has 0 aliphatic rings. The van der Waals surface area contributed by atoms with Crippen LogP contribution in [0.3, 0.4) is 0 Å². The number of aromatic nitrogens is 2. The summed E-state index contributed by atoms with van der Waals surface area (Å²) in [5.74, 6) is 0.949. The Bertz CT molecular complexity index is 377. The molecular weight excluding hydrogens is 238 g/mol. The Morgan fingerprint density at radius 3 is 2.53 bits per heavy atom. The van der Waals surface area contributed by atoms with Gasteiger partial charge < -0.3 is 14.6 Å². The van der Waals surface area contributed by atoms with Gasteiger partial charge in [-0.05, 0) is 32.1 Å². The van der Waals surface area contributed by atoms with E-state index in [0.717, 1.165) is 31.9 Å². The standard InChI is InChI=1S/C15H29N3O/c1-14(2,3)12-15(4,5)17-13-16-8-10-18(13)9-7-11-19-6/h8,10H,7,9,11-12H2,1-6H3,(H,16,17). The lowest BCUT2D eigenvalue weighted by molar-refractivity contribution is 0.190. The van der Waals surface area contributed by atoms with Crippen LogP contribution in [-0.4, -0.2) is 28.8 Å². The number of nitrogens with zero attached hydrogens (tertiary/aromatic N) is 2. The molecule has 1 N–H and O–H groups in total. The van der Waals surface area contributed by atoms with Crippen LogP contribution in [0.4, 0.5) is 5.95 Å². The zero-order chi connectivity index (χ0) is 14.5. The Labute approximate surface area is 117 Å². The van der Waals surface area contributed by atoms with Crippen molar-refractivity contribution in [1.29, 1.82) is 0 Å². The van der Waals surface area contributed by atoms with E-state index in [0.29, 0.717) is 5.41 Å². The number of methoxy groups -OCH3 is 1. The molecule has 4 nitrogen and oxygen atoms in total. The SMILES string of the molecule is COCCCn1ccnc1NC(C)(C)CC(C)(C)C. The quantitative estimate of drug-likeness (QED) is 0.768. The van der Waals surface area contributed by atoms with Crippen molar-refractivity contribution in [2.75, 3.05) is 19.0 Å². The van der Waals surface area contributed by atoms with E-state index in [4.69, 9.17) is 4.74 Å². The summed E-state index contributed by atoms with van der Waals surface area (Å²) >= 11 is 0. The van der Waals surface area contributed by atoms with Crippen molar-refractivity contribution in [3.8, 4) is 0 Å². The molecule has 0 amide bonds. The Balaban J connectivity index is 2.63. The molecule has 1 aromatic rings. The lowest BCUT2D eigenvalue weighted by Crippen LogP contribution is -2.36. The van der Waals surface area contributed by atoms with Gasteiger partial charge in [0.25, 0.3) is 0 Å². The fourth-order valence-corrected chi connectivity index (χ4v) is 2.67. The predicted octanol–water partition coefficient (Wildman–Crippen LogP) is 3.55. The van der Waals surface area contributed by atoms with Crippen molar-refractivity contribution in [1.82, 2.24) is 9.55 Å². The fourth-order valence-electron chi connectivity index (χ4n) is 2.67. The van der Waals surface area contributed by atoms with Crippen molar-refractivity contribution in [3.63, 3.8) is 0 Å². The number of imidazole rings is 1. The smallest absolute Gasteiger partial charge is 0.203 e. The van der Waals surface area contributed by atoms with Gasteiger partial charge in [0.15, 0.2) is 0 Å². The largest absolute Gasteiger partial charge is 0.385 e. The molecule has 0 saturated heterocycles. The maximum atomic E-state index is 5.09. The van der Waals surface area contributed by atoms with E-state index >= 15 is 0 Å². The molecule has 0 aromatic carbocycles. The highest BCUT2D eigenvalue weighted by molar-refractivity contribution is 5.30. The normalized spacial score (nSPS) is 12.7. The molecule has 0 unspecified atom stereocenters. The van der Waals surface area contributed by atoms with Crippen LogP contribution in [0.5, 0.6) is 0 Å². The second-order valence-corrected chi connectivity index (χ2v) is 7.04. The van der Waals surface area contributed by atoms with E-state index in [1.807, 2.05) is 12.4 Å². The average Bonchev–Trinajstić information content (AvgIpc) is 2.61. The molecular formula is C15H29N3O.